The van der Waals surface area contributed by atoms with Gasteiger partial charge in [0.1, 0.15) is 0 Å². The minimum atomic E-state index is 0.716. The number of hydrogen-bond donors (Lipinski definition) is 0. The number of nitrogens with zero attached hydrogens (tertiary/aromatic N) is 1. The minimum absolute atomic E-state index is 0.716. The van der Waals surface area contributed by atoms with Crippen molar-refractivity contribution in [2.75, 3.05) is 0 Å². The van der Waals surface area contributed by atoms with E-state index in [0.29, 0.717) is 5.56 Å². The molecule has 2 aromatic rings. The molecule has 0 unspecified atom stereocenters. The van der Waals surface area contributed by atoms with Crippen LogP contribution in [-0.2, 0) is 0 Å². The van der Waals surface area contributed by atoms with Gasteiger partial charge in [-0.05, 0) is 22.9 Å². The maximum Gasteiger partial charge on any atom is 0.0991 e. The molecule has 2 aromatic carbocycles. The van der Waals surface area contributed by atoms with Gasteiger partial charge in [-0.25, -0.2) is 0 Å². The van der Waals surface area contributed by atoms with Crippen molar-refractivity contribution in [2.24, 2.45) is 0 Å². The van der Waals surface area contributed by atoms with Crippen LogP contribution in [0.1, 0.15) is 5.56 Å². The molecule has 0 radical (unpaired) electrons. The molecule has 0 heterocycles. The van der Waals surface area contributed by atoms with Gasteiger partial charge >= 0.3 is 0 Å². The smallest absolute Gasteiger partial charge is 0.0991 e. The van der Waals surface area contributed by atoms with Gasteiger partial charge in [0.05, 0.1) is 11.6 Å². The zero-order chi connectivity index (χ0) is 8.39. The Morgan fingerprint density at radius 3 is 2.42 bits per heavy atom. The summed E-state index contributed by atoms with van der Waals surface area (Å²) in [6.07, 6.45) is 0. The Hall–Kier alpha value is -1.81. The first-order valence-corrected chi connectivity index (χ1v) is 3.79. The topological polar surface area (TPSA) is 23.8 Å². The average molecular weight is 153 g/mol. The number of hydrogen-bond acceptors (Lipinski definition) is 1. The number of benzene rings is 2. The molecule has 12 heavy (non-hydrogen) atoms. The van der Waals surface area contributed by atoms with Crippen LogP contribution in [0.4, 0.5) is 0 Å². The molecule has 0 aromatic heterocycles. The van der Waals surface area contributed by atoms with Crippen LogP contribution >= 0.6 is 0 Å². The predicted octanol–water partition coefficient (Wildman–Crippen LogP) is 2.71. The van der Waals surface area contributed by atoms with Crippen molar-refractivity contribution >= 4 is 10.8 Å². The van der Waals surface area contributed by atoms with E-state index in [1.54, 1.807) is 0 Å². The summed E-state index contributed by atoms with van der Waals surface area (Å²) in [6.45, 7) is 0. The fourth-order valence-electron chi connectivity index (χ4n) is 1.26. The highest BCUT2D eigenvalue weighted by molar-refractivity contribution is 5.83. The summed E-state index contributed by atoms with van der Waals surface area (Å²) >= 11 is 0. The van der Waals surface area contributed by atoms with Crippen molar-refractivity contribution in [3.05, 3.63) is 48.0 Å². The molecule has 0 saturated heterocycles. The summed E-state index contributed by atoms with van der Waals surface area (Å²) in [5.41, 5.74) is 0.716. The predicted molar refractivity (Wildman–Crippen MR) is 48.7 cm³/mol. The first kappa shape index (κ1) is 6.87. The normalized spacial score (nSPS) is 9.58. The Bertz CT molecular complexity index is 452. The van der Waals surface area contributed by atoms with E-state index in [9.17, 15) is 0 Å². The fraction of sp³-hybridized carbons (Fsp3) is 0. The van der Waals surface area contributed by atoms with Crippen LogP contribution in [0.25, 0.3) is 10.8 Å². The van der Waals surface area contributed by atoms with Gasteiger partial charge in [-0.1, -0.05) is 30.3 Å². The van der Waals surface area contributed by atoms with Crippen LogP contribution in [0, 0.1) is 11.3 Å². The first-order valence-electron chi connectivity index (χ1n) is 3.79. The first-order chi connectivity index (χ1) is 5.90. The van der Waals surface area contributed by atoms with Crippen molar-refractivity contribution in [3.63, 3.8) is 0 Å². The lowest BCUT2D eigenvalue weighted by molar-refractivity contribution is 1.50. The van der Waals surface area contributed by atoms with E-state index in [1.165, 1.54) is 5.39 Å². The van der Waals surface area contributed by atoms with E-state index in [0.717, 1.165) is 5.39 Å². The molecule has 0 amide bonds. The van der Waals surface area contributed by atoms with E-state index in [-0.39, 0.29) is 0 Å². The van der Waals surface area contributed by atoms with Gasteiger partial charge in [0.15, 0.2) is 0 Å². The van der Waals surface area contributed by atoms with E-state index in [2.05, 4.69) is 6.07 Å². The van der Waals surface area contributed by atoms with Crippen molar-refractivity contribution < 1.29 is 0 Å². The van der Waals surface area contributed by atoms with Crippen molar-refractivity contribution in [3.8, 4) is 6.07 Å². The summed E-state index contributed by atoms with van der Waals surface area (Å²) in [7, 11) is 0. The molecule has 0 aliphatic heterocycles. The molecule has 0 aliphatic carbocycles. The van der Waals surface area contributed by atoms with Gasteiger partial charge in [0.25, 0.3) is 0 Å². The average Bonchev–Trinajstić information content (AvgIpc) is 2.17. The summed E-state index contributed by atoms with van der Waals surface area (Å²) in [5, 5.41) is 10.9. The third kappa shape index (κ3) is 1.04. The molecule has 0 N–H and O–H groups in total. The Labute approximate surface area is 70.9 Å². The summed E-state index contributed by atoms with van der Waals surface area (Å²) in [5.74, 6) is 0. The monoisotopic (exact) mass is 153 g/mol. The number of fused-ring (bicyclic) bond motifs is 1. The van der Waals surface area contributed by atoms with Gasteiger partial charge < -0.3 is 0 Å². The highest BCUT2D eigenvalue weighted by Gasteiger charge is 1.92. The summed E-state index contributed by atoms with van der Waals surface area (Å²) < 4.78 is 0. The molecular weight excluding hydrogens is 146 g/mol. The second-order valence-corrected chi connectivity index (χ2v) is 2.67. The third-order valence-corrected chi connectivity index (χ3v) is 1.88. The van der Waals surface area contributed by atoms with Gasteiger partial charge in [-0.2, -0.15) is 5.26 Å². The molecular formula is C11H7N. The minimum Gasteiger partial charge on any atom is -0.192 e. The van der Waals surface area contributed by atoms with Crippen molar-refractivity contribution in [1.29, 1.82) is 5.26 Å². The van der Waals surface area contributed by atoms with E-state index in [1.807, 2.05) is 42.5 Å². The van der Waals surface area contributed by atoms with Crippen LogP contribution in [-0.4, -0.2) is 0 Å². The molecule has 0 atom stereocenters. The van der Waals surface area contributed by atoms with Crippen LogP contribution in [0.5, 0.6) is 0 Å². The maximum absolute atomic E-state index is 8.65. The van der Waals surface area contributed by atoms with Crippen LogP contribution < -0.4 is 0 Å². The second kappa shape index (κ2) is 2.67. The lowest BCUT2D eigenvalue weighted by Crippen LogP contribution is -1.74. The molecule has 0 spiro atoms. The molecule has 56 valence electrons. The van der Waals surface area contributed by atoms with E-state index >= 15 is 0 Å². The largest absolute Gasteiger partial charge is 0.192 e. The lowest BCUT2D eigenvalue weighted by atomic mass is 10.1. The molecule has 2 rings (SSSR count). The molecule has 0 bridgehead atoms. The molecule has 0 fully saturated rings. The number of rotatable bonds is 0. The molecule has 0 aliphatic rings. The van der Waals surface area contributed by atoms with Gasteiger partial charge in [-0.3, -0.25) is 0 Å². The van der Waals surface area contributed by atoms with E-state index < -0.39 is 0 Å². The molecule has 1 nitrogen and oxygen atoms in total. The van der Waals surface area contributed by atoms with Crippen molar-refractivity contribution in [2.45, 2.75) is 0 Å². The Balaban J connectivity index is 2.78. The lowest BCUT2D eigenvalue weighted by Gasteiger charge is -1.95. The number of nitriles is 1. The van der Waals surface area contributed by atoms with Gasteiger partial charge in [0, 0.05) is 0 Å². The van der Waals surface area contributed by atoms with Crippen LogP contribution in [0.2, 0.25) is 0 Å². The summed E-state index contributed by atoms with van der Waals surface area (Å²) in [4.78, 5) is 0. The van der Waals surface area contributed by atoms with E-state index in [4.69, 9.17) is 5.26 Å². The fourth-order valence-corrected chi connectivity index (χ4v) is 1.26. The Kier molecular flexibility index (Phi) is 1.53. The van der Waals surface area contributed by atoms with Gasteiger partial charge in [0.2, 0.25) is 0 Å². The zero-order valence-corrected chi connectivity index (χ0v) is 6.49. The highest BCUT2D eigenvalue weighted by Crippen LogP contribution is 2.14. The second-order valence-electron chi connectivity index (χ2n) is 2.67. The van der Waals surface area contributed by atoms with Crippen LogP contribution in [0.3, 0.4) is 0 Å². The van der Waals surface area contributed by atoms with Crippen LogP contribution in [0.15, 0.2) is 42.5 Å². The van der Waals surface area contributed by atoms with Crippen molar-refractivity contribution in [1.82, 2.24) is 0 Å². The molecule has 1 heteroatoms. The van der Waals surface area contributed by atoms with Gasteiger partial charge in [-0.15, -0.1) is 0 Å². The third-order valence-electron chi connectivity index (χ3n) is 1.88. The Morgan fingerprint density at radius 2 is 1.67 bits per heavy atom. The highest BCUT2D eigenvalue weighted by atomic mass is 14.2. The standard InChI is InChI=1S/C11H7N/c12-8-9-5-6-10-3-1-2-4-11(10)7-9/h1-7H. The maximum atomic E-state index is 8.65. The summed E-state index contributed by atoms with van der Waals surface area (Å²) in [6, 6.07) is 15.8. The quantitative estimate of drug-likeness (QED) is 0.570. The SMILES string of the molecule is N#Cc1ccc2ccccc2c1. The molecule has 0 saturated carbocycles. The Morgan fingerprint density at radius 1 is 0.917 bits per heavy atom. The zero-order valence-electron chi connectivity index (χ0n) is 6.49.